The number of aryl methyl sites for hydroxylation is 2. The van der Waals surface area contributed by atoms with Gasteiger partial charge in [-0.2, -0.15) is 0 Å². The highest BCUT2D eigenvalue weighted by Crippen LogP contribution is 2.28. The predicted octanol–water partition coefficient (Wildman–Crippen LogP) is 3.67. The number of hydrogen-bond donors (Lipinski definition) is 1. The van der Waals surface area contributed by atoms with Crippen molar-refractivity contribution in [2.45, 2.75) is 13.8 Å². The molecule has 0 radical (unpaired) electrons. The Kier molecular flexibility index (Phi) is 3.53. The van der Waals surface area contributed by atoms with Gasteiger partial charge in [0.15, 0.2) is 5.13 Å². The molecule has 2 aromatic heterocycles. The highest BCUT2D eigenvalue weighted by molar-refractivity contribution is 7.14. The molecule has 0 atom stereocenters. The first kappa shape index (κ1) is 13.5. The van der Waals surface area contributed by atoms with Crippen molar-refractivity contribution in [2.24, 2.45) is 0 Å². The Bertz CT molecular complexity index is 778. The summed E-state index contributed by atoms with van der Waals surface area (Å²) in [4.78, 5) is 16.3. The first-order chi connectivity index (χ1) is 10.1. The summed E-state index contributed by atoms with van der Waals surface area (Å²) in [5, 5.41) is 8.66. The van der Waals surface area contributed by atoms with E-state index >= 15 is 0 Å². The molecular formula is C15H13N3O2S. The van der Waals surface area contributed by atoms with E-state index in [1.807, 2.05) is 11.4 Å². The molecule has 0 aliphatic carbocycles. The monoisotopic (exact) mass is 299 g/mol. The van der Waals surface area contributed by atoms with Crippen LogP contribution in [0.2, 0.25) is 0 Å². The molecule has 0 aliphatic heterocycles. The van der Waals surface area contributed by atoms with E-state index in [1.54, 1.807) is 0 Å². The lowest BCUT2D eigenvalue weighted by Gasteiger charge is -2.03. The zero-order valence-electron chi connectivity index (χ0n) is 11.6. The predicted molar refractivity (Wildman–Crippen MR) is 81.5 cm³/mol. The van der Waals surface area contributed by atoms with Crippen molar-refractivity contribution in [1.82, 2.24) is 10.1 Å². The number of rotatable bonds is 3. The number of thiazole rings is 1. The molecule has 0 spiro atoms. The summed E-state index contributed by atoms with van der Waals surface area (Å²) in [7, 11) is 0. The van der Waals surface area contributed by atoms with Crippen molar-refractivity contribution in [1.29, 1.82) is 0 Å². The number of benzene rings is 1. The molecule has 1 amide bonds. The van der Waals surface area contributed by atoms with E-state index < -0.39 is 0 Å². The number of carbonyl (C=O) groups excluding carboxylic acids is 1. The third-order valence-corrected chi connectivity index (χ3v) is 3.80. The van der Waals surface area contributed by atoms with Gasteiger partial charge in [-0.3, -0.25) is 10.1 Å². The lowest BCUT2D eigenvalue weighted by atomic mass is 10.0. The second-order valence-electron chi connectivity index (χ2n) is 4.69. The highest BCUT2D eigenvalue weighted by Gasteiger charge is 2.13. The summed E-state index contributed by atoms with van der Waals surface area (Å²) < 4.78 is 4.81. The van der Waals surface area contributed by atoms with Crippen LogP contribution in [0, 0.1) is 13.8 Å². The first-order valence-electron chi connectivity index (χ1n) is 6.38. The van der Waals surface area contributed by atoms with Gasteiger partial charge in [0, 0.05) is 17.0 Å². The topological polar surface area (TPSA) is 68.0 Å². The van der Waals surface area contributed by atoms with Crippen LogP contribution in [-0.4, -0.2) is 16.0 Å². The third-order valence-electron chi connectivity index (χ3n) is 3.04. The molecule has 3 rings (SSSR count). The molecule has 0 unspecified atom stereocenters. The van der Waals surface area contributed by atoms with E-state index in [1.165, 1.54) is 29.2 Å². The van der Waals surface area contributed by atoms with E-state index in [4.69, 9.17) is 4.52 Å². The van der Waals surface area contributed by atoms with Crippen molar-refractivity contribution < 1.29 is 9.32 Å². The van der Waals surface area contributed by atoms with Crippen molar-refractivity contribution in [2.75, 3.05) is 5.32 Å². The summed E-state index contributed by atoms with van der Waals surface area (Å²) in [6, 6.07) is 7.71. The zero-order chi connectivity index (χ0) is 14.8. The molecule has 21 heavy (non-hydrogen) atoms. The first-order valence-corrected chi connectivity index (χ1v) is 7.26. The molecule has 3 aromatic rings. The van der Waals surface area contributed by atoms with Crippen molar-refractivity contribution >= 4 is 22.4 Å². The second kappa shape index (κ2) is 5.49. The van der Waals surface area contributed by atoms with Gasteiger partial charge in [0.05, 0.1) is 11.9 Å². The summed E-state index contributed by atoms with van der Waals surface area (Å²) >= 11 is 1.38. The van der Waals surface area contributed by atoms with Crippen LogP contribution in [0.15, 0.2) is 40.4 Å². The number of nitrogens with one attached hydrogen (secondary N) is 1. The smallest absolute Gasteiger partial charge is 0.296 e. The number of nitrogens with zero attached hydrogens (tertiary/aromatic N) is 2. The maximum atomic E-state index is 11.9. The zero-order valence-corrected chi connectivity index (χ0v) is 12.4. The summed E-state index contributed by atoms with van der Waals surface area (Å²) in [6.07, 6.45) is 1.43. The van der Waals surface area contributed by atoms with Gasteiger partial charge in [0.2, 0.25) is 5.76 Å². The molecular weight excluding hydrogens is 286 g/mol. The maximum absolute atomic E-state index is 11.9. The normalized spacial score (nSPS) is 10.6. The molecule has 1 N–H and O–H groups in total. The highest BCUT2D eigenvalue weighted by atomic mass is 32.1. The number of carbonyl (C=O) groups is 1. The van der Waals surface area contributed by atoms with E-state index in [9.17, 15) is 4.79 Å². The van der Waals surface area contributed by atoms with E-state index in [-0.39, 0.29) is 11.7 Å². The fourth-order valence-corrected chi connectivity index (χ4v) is 2.75. The number of aromatic nitrogens is 2. The molecule has 106 valence electrons. The minimum Gasteiger partial charge on any atom is -0.351 e. The molecule has 6 heteroatoms. The Morgan fingerprint density at radius 3 is 2.86 bits per heavy atom. The minimum atomic E-state index is -0.353. The average Bonchev–Trinajstić information content (AvgIpc) is 3.09. The number of amides is 1. The lowest BCUT2D eigenvalue weighted by Crippen LogP contribution is -2.10. The Hall–Kier alpha value is -2.47. The maximum Gasteiger partial charge on any atom is 0.296 e. The van der Waals surface area contributed by atoms with Crippen LogP contribution in [0.25, 0.3) is 11.3 Å². The van der Waals surface area contributed by atoms with Crippen LogP contribution in [0.4, 0.5) is 5.13 Å². The Morgan fingerprint density at radius 2 is 2.14 bits per heavy atom. The average molecular weight is 299 g/mol. The quantitative estimate of drug-likeness (QED) is 0.801. The van der Waals surface area contributed by atoms with Gasteiger partial charge >= 0.3 is 0 Å². The molecule has 2 heterocycles. The van der Waals surface area contributed by atoms with Crippen LogP contribution in [0.1, 0.15) is 21.7 Å². The Morgan fingerprint density at radius 1 is 1.29 bits per heavy atom. The Balaban J connectivity index is 1.82. The van der Waals surface area contributed by atoms with Gasteiger partial charge in [-0.25, -0.2) is 4.98 Å². The standard InChI is InChI=1S/C15H13N3O2S/c1-9-3-4-11(10(2)7-9)12-8-21-15(17-12)18-14(19)13-5-6-16-20-13/h3-8H,1-2H3,(H,17,18,19). The number of hydrogen-bond acceptors (Lipinski definition) is 5. The van der Waals surface area contributed by atoms with Gasteiger partial charge < -0.3 is 4.52 Å². The fourth-order valence-electron chi connectivity index (χ4n) is 2.05. The second-order valence-corrected chi connectivity index (χ2v) is 5.55. The molecule has 1 aromatic carbocycles. The van der Waals surface area contributed by atoms with Crippen LogP contribution in [-0.2, 0) is 0 Å². The minimum absolute atomic E-state index is 0.165. The van der Waals surface area contributed by atoms with E-state index in [0.717, 1.165) is 16.8 Å². The van der Waals surface area contributed by atoms with Crippen LogP contribution in [0.3, 0.4) is 0 Å². The van der Waals surface area contributed by atoms with Crippen molar-refractivity contribution in [3.05, 3.63) is 52.7 Å². The summed E-state index contributed by atoms with van der Waals surface area (Å²) in [6.45, 7) is 4.11. The summed E-state index contributed by atoms with van der Waals surface area (Å²) in [5.74, 6) is -0.188. The van der Waals surface area contributed by atoms with Crippen LogP contribution >= 0.6 is 11.3 Å². The molecule has 0 bridgehead atoms. The van der Waals surface area contributed by atoms with Crippen molar-refractivity contribution in [3.8, 4) is 11.3 Å². The molecule has 5 nitrogen and oxygen atoms in total. The number of anilines is 1. The fraction of sp³-hybridized carbons (Fsp3) is 0.133. The van der Waals surface area contributed by atoms with E-state index in [0.29, 0.717) is 5.13 Å². The lowest BCUT2D eigenvalue weighted by molar-refractivity contribution is 0.0988. The van der Waals surface area contributed by atoms with Crippen LogP contribution < -0.4 is 5.32 Å². The molecule has 0 fully saturated rings. The third kappa shape index (κ3) is 2.85. The SMILES string of the molecule is Cc1ccc(-c2csc(NC(=O)c3ccno3)n2)c(C)c1. The van der Waals surface area contributed by atoms with Gasteiger partial charge in [0.25, 0.3) is 5.91 Å². The largest absolute Gasteiger partial charge is 0.351 e. The van der Waals surface area contributed by atoms with Gasteiger partial charge in [-0.1, -0.05) is 28.9 Å². The summed E-state index contributed by atoms with van der Waals surface area (Å²) in [5.41, 5.74) is 4.29. The molecule has 0 saturated carbocycles. The van der Waals surface area contributed by atoms with Crippen molar-refractivity contribution in [3.63, 3.8) is 0 Å². The molecule has 0 saturated heterocycles. The van der Waals surface area contributed by atoms with Gasteiger partial charge in [-0.15, -0.1) is 11.3 Å². The van der Waals surface area contributed by atoms with Gasteiger partial charge in [0.1, 0.15) is 0 Å². The van der Waals surface area contributed by atoms with Gasteiger partial charge in [-0.05, 0) is 19.4 Å². The molecule has 0 aliphatic rings. The Labute approximate surface area is 125 Å². The van der Waals surface area contributed by atoms with Crippen LogP contribution in [0.5, 0.6) is 0 Å². The van der Waals surface area contributed by atoms with E-state index in [2.05, 4.69) is 41.4 Å².